The molecule has 10 atom stereocenters. The molecule has 12 amide bonds. The third-order valence-corrected chi connectivity index (χ3v) is 18.1. The van der Waals surface area contributed by atoms with Crippen LogP contribution < -0.4 is 69.5 Å². The van der Waals surface area contributed by atoms with Gasteiger partial charge in [0.15, 0.2) is 0 Å². The number of rotatable bonds is 39. The van der Waals surface area contributed by atoms with Crippen LogP contribution in [0, 0.1) is 5.92 Å². The Hall–Kier alpha value is -10.7. The predicted octanol–water partition coefficient (Wildman–Crippen LogP) is 3.84. The Bertz CT molecular complexity index is 4070. The number of hydrogen-bond donors (Lipinski definition) is 14. The normalized spacial score (nSPS) is 15.1. The molecular formula is C79H102ClN15O13. The van der Waals surface area contributed by atoms with Gasteiger partial charge in [0.2, 0.25) is 70.9 Å². The molecular weight excluding hydrogens is 1400 g/mol. The number of carbonyl (C=O) groups is 12. The highest BCUT2D eigenvalue weighted by Gasteiger charge is 2.40. The van der Waals surface area contributed by atoms with Crippen LogP contribution in [0.5, 0.6) is 0 Å². The molecule has 2 heterocycles. The molecule has 7 rings (SSSR count). The van der Waals surface area contributed by atoms with Gasteiger partial charge in [-0.2, -0.15) is 0 Å². The van der Waals surface area contributed by atoms with Gasteiger partial charge in [-0.1, -0.05) is 124 Å². The molecule has 108 heavy (non-hydrogen) atoms. The predicted molar refractivity (Wildman–Crippen MR) is 411 cm³/mol. The number of nitrogens with one attached hydrogen (secondary N) is 12. The fraction of sp³-hybridized carbons (Fsp3) is 0.430. The number of nitrogens with two attached hydrogens (primary N) is 1. The van der Waals surface area contributed by atoms with Gasteiger partial charge in [-0.25, -0.2) is 0 Å². The van der Waals surface area contributed by atoms with Gasteiger partial charge in [0, 0.05) is 94.3 Å². The van der Waals surface area contributed by atoms with Gasteiger partial charge >= 0.3 is 0 Å². The van der Waals surface area contributed by atoms with Crippen LogP contribution in [0.4, 0.5) is 11.4 Å². The molecule has 0 aliphatic carbocycles. The summed E-state index contributed by atoms with van der Waals surface area (Å²) in [6.45, 7) is 13.0. The summed E-state index contributed by atoms with van der Waals surface area (Å²) in [5.41, 5.74) is 9.34. The van der Waals surface area contributed by atoms with E-state index in [-0.39, 0.29) is 75.3 Å². The van der Waals surface area contributed by atoms with E-state index in [1.165, 1.54) is 38.1 Å². The van der Waals surface area contributed by atoms with Crippen LogP contribution in [0.1, 0.15) is 122 Å². The Morgan fingerprint density at radius 2 is 0.935 bits per heavy atom. The molecule has 15 N–H and O–H groups in total. The van der Waals surface area contributed by atoms with Crippen molar-refractivity contribution in [3.05, 3.63) is 173 Å². The number of fused-ring (bicyclic) bond motifs is 1. The fourth-order valence-corrected chi connectivity index (χ4v) is 12.7. The maximum absolute atomic E-state index is 15.3. The lowest BCUT2D eigenvalue weighted by atomic mass is 9.99. The molecule has 1 aliphatic rings. The van der Waals surface area contributed by atoms with Crippen LogP contribution in [0.15, 0.2) is 140 Å². The highest BCUT2D eigenvalue weighted by atomic mass is 35.5. The third kappa shape index (κ3) is 27.6. The molecule has 0 spiro atoms. The Kier molecular flexibility index (Phi) is 32.9. The second-order valence-electron chi connectivity index (χ2n) is 28.0. The minimum atomic E-state index is -1.84. The van der Waals surface area contributed by atoms with Crippen LogP contribution in [0.25, 0.3) is 10.8 Å². The SMILES string of the molecule is CC(=O)Nc1ccc(C[C@H](NC(=O)[C@H](CO)NC(=O)[C@@H](Cc2cccnc2)NC(=O)[C@@H](Cc2ccc(Cl)cc2)NC(=O)[C@@H](Cc2ccc3ccccc3c2)NC(C)=O)C(=O)N[C@H](Cc2ccc(NC(C)=O)cc2)C(=O)N[C@@H](CC(C)C)C(=O)N[C@@H](CCCCNC(C)C)C(=O)N2CCC[C@H]2C(=O)N[C@H](C)N)cc1. The van der Waals surface area contributed by atoms with E-state index in [2.05, 4.69) is 68.8 Å². The second kappa shape index (κ2) is 42.0. The van der Waals surface area contributed by atoms with Crippen molar-refractivity contribution in [3.8, 4) is 0 Å². The van der Waals surface area contributed by atoms with Gasteiger partial charge in [0.1, 0.15) is 54.4 Å². The Labute approximate surface area is 634 Å². The highest BCUT2D eigenvalue weighted by Crippen LogP contribution is 2.23. The van der Waals surface area contributed by atoms with E-state index in [0.717, 1.165) is 10.8 Å². The first-order valence-electron chi connectivity index (χ1n) is 36.5. The molecule has 1 aliphatic heterocycles. The molecule has 0 radical (unpaired) electrons. The van der Waals surface area contributed by atoms with Crippen molar-refractivity contribution in [1.82, 2.24) is 63.1 Å². The van der Waals surface area contributed by atoms with Crippen LogP contribution >= 0.6 is 11.6 Å². The van der Waals surface area contributed by atoms with Crippen molar-refractivity contribution in [1.29, 1.82) is 0 Å². The molecule has 5 aromatic carbocycles. The van der Waals surface area contributed by atoms with Crippen LogP contribution in [0.3, 0.4) is 0 Å². The topological polar surface area (TPSA) is 412 Å². The van der Waals surface area contributed by atoms with E-state index in [4.69, 9.17) is 17.3 Å². The summed E-state index contributed by atoms with van der Waals surface area (Å²) < 4.78 is 0. The van der Waals surface area contributed by atoms with Crippen molar-refractivity contribution in [3.63, 3.8) is 0 Å². The van der Waals surface area contributed by atoms with E-state index in [1.807, 2.05) is 70.2 Å². The summed E-state index contributed by atoms with van der Waals surface area (Å²) in [5, 5.41) is 46.7. The van der Waals surface area contributed by atoms with Crippen LogP contribution in [-0.2, 0) is 89.6 Å². The lowest BCUT2D eigenvalue weighted by Crippen LogP contribution is -2.62. The largest absolute Gasteiger partial charge is 0.394 e. The van der Waals surface area contributed by atoms with Crippen molar-refractivity contribution in [2.24, 2.45) is 11.7 Å². The number of anilines is 2. The number of nitrogens with zero attached hydrogens (tertiary/aromatic N) is 2. The van der Waals surface area contributed by atoms with E-state index in [9.17, 15) is 53.1 Å². The van der Waals surface area contributed by atoms with E-state index in [0.29, 0.717) is 76.4 Å². The lowest BCUT2D eigenvalue weighted by Gasteiger charge is -2.31. The van der Waals surface area contributed by atoms with Gasteiger partial charge in [-0.3, -0.25) is 62.5 Å². The number of carbonyl (C=O) groups excluding carboxylic acids is 12. The number of benzene rings is 5. The number of aliphatic hydroxyl groups excluding tert-OH is 1. The van der Waals surface area contributed by atoms with Crippen molar-refractivity contribution in [2.45, 2.75) is 193 Å². The molecule has 6 aromatic rings. The summed E-state index contributed by atoms with van der Waals surface area (Å²) >= 11 is 6.26. The lowest BCUT2D eigenvalue weighted by molar-refractivity contribution is -0.142. The van der Waals surface area contributed by atoms with E-state index < -0.39 is 126 Å². The molecule has 0 unspecified atom stereocenters. The van der Waals surface area contributed by atoms with Crippen molar-refractivity contribution in [2.75, 3.05) is 30.3 Å². The molecule has 1 aromatic heterocycles. The Morgan fingerprint density at radius 1 is 0.491 bits per heavy atom. The standard InChI is InChI=1S/C79H102ClN15O13/c1-46(2)37-63(71(100)88-62(18-11-12-35-83-47(3)4)79(108)95-36-14-19-70(95)78(107)84-48(5)81)89-73(102)66(40-53-23-30-60(31-24-53)85-49(6)97)91-75(104)67(41-54-25-32-61(33-26-54)86-50(7)98)93-77(106)69(45-96)94-76(105)68(43-56-15-13-34-82-44-56)92-74(103)65(39-52-21-28-59(80)29-22-52)90-72(101)64(87-51(8)99)42-55-20-27-57-16-9-10-17-58(57)38-55/h9-10,13,15-17,20-34,38,44,46-48,62-70,83,96H,11-12,14,18-19,35-37,39-43,45,81H2,1-8H3,(H,84,107)(H,85,97)(H,86,98)(H,87,99)(H,88,100)(H,89,102)(H,90,101)(H,91,104)(H,92,103)(H,93,106)(H,94,105)/t48-,62+,63+,64-,65-,66-,67+,68-,69+,70+/m1/s1. The summed E-state index contributed by atoms with van der Waals surface area (Å²) in [6, 6.07) is 23.5. The summed E-state index contributed by atoms with van der Waals surface area (Å²) in [4.78, 5) is 175. The second-order valence-corrected chi connectivity index (χ2v) is 28.5. The molecule has 1 saturated heterocycles. The van der Waals surface area contributed by atoms with Crippen molar-refractivity contribution >= 4 is 105 Å². The van der Waals surface area contributed by atoms with E-state index in [1.54, 1.807) is 91.9 Å². The first-order chi connectivity index (χ1) is 51.5. The number of halogens is 1. The monoisotopic (exact) mass is 1500 g/mol. The zero-order chi connectivity index (χ0) is 78.6. The number of aliphatic hydroxyl groups is 1. The zero-order valence-electron chi connectivity index (χ0n) is 62.3. The van der Waals surface area contributed by atoms with Crippen molar-refractivity contribution < 1.29 is 62.6 Å². The molecule has 0 bridgehead atoms. The maximum atomic E-state index is 15.3. The number of pyridine rings is 1. The average molecular weight is 1510 g/mol. The zero-order valence-corrected chi connectivity index (χ0v) is 63.1. The van der Waals surface area contributed by atoms with Gasteiger partial charge < -0.3 is 79.5 Å². The molecule has 1 fully saturated rings. The number of unbranched alkanes of at least 4 members (excludes halogenated alkanes) is 1. The summed E-state index contributed by atoms with van der Waals surface area (Å²) in [5.74, 6) is -8.60. The molecule has 0 saturated carbocycles. The first-order valence-corrected chi connectivity index (χ1v) is 36.8. The first kappa shape index (κ1) is 84.6. The number of likely N-dealkylation sites (tertiary alicyclic amines) is 1. The minimum Gasteiger partial charge on any atom is -0.394 e. The third-order valence-electron chi connectivity index (χ3n) is 17.9. The molecule has 28 nitrogen and oxygen atoms in total. The number of amides is 12. The molecule has 29 heteroatoms. The fourth-order valence-electron chi connectivity index (χ4n) is 12.6. The number of aromatic nitrogens is 1. The van der Waals surface area contributed by atoms with Crippen LogP contribution in [0.2, 0.25) is 5.02 Å². The summed E-state index contributed by atoms with van der Waals surface area (Å²) in [7, 11) is 0. The number of hydrogen-bond acceptors (Lipinski definition) is 16. The van der Waals surface area contributed by atoms with E-state index >= 15 is 9.59 Å². The average Bonchev–Trinajstić information content (AvgIpc) is 1.25. The minimum absolute atomic E-state index is 0.0333. The highest BCUT2D eigenvalue weighted by molar-refractivity contribution is 6.30. The summed E-state index contributed by atoms with van der Waals surface area (Å²) in [6.07, 6.45) is 3.65. The van der Waals surface area contributed by atoms with Gasteiger partial charge in [0.05, 0.1) is 12.8 Å². The maximum Gasteiger partial charge on any atom is 0.245 e. The Morgan fingerprint density at radius 3 is 1.41 bits per heavy atom. The van der Waals surface area contributed by atoms with Gasteiger partial charge in [-0.15, -0.1) is 0 Å². The van der Waals surface area contributed by atoms with Crippen LogP contribution in [-0.4, -0.2) is 172 Å². The quantitative estimate of drug-likeness (QED) is 0.0193. The Balaban J connectivity index is 1.18. The smallest absolute Gasteiger partial charge is 0.245 e. The molecule has 578 valence electrons. The van der Waals surface area contributed by atoms with Gasteiger partial charge in [-0.05, 0) is 139 Å². The van der Waals surface area contributed by atoms with Gasteiger partial charge in [0.25, 0.3) is 0 Å².